The molecule has 8 nitrogen and oxygen atoms in total. The number of thiazole rings is 1. The molecule has 142 valence electrons. The molecule has 2 aliphatic rings. The molecule has 1 aliphatic carbocycles. The number of piperazine rings is 1. The third-order valence-electron chi connectivity index (χ3n) is 4.78. The van der Waals surface area contributed by atoms with Gasteiger partial charge in [-0.2, -0.15) is 0 Å². The SMILES string of the molecule is O=C(Nc1ccc(N2CCN(C(=O)O)CC2)cc1)Nc1nc(C2CC2)cs1. The molecule has 0 atom stereocenters. The molecule has 1 aromatic carbocycles. The molecule has 9 heteroatoms. The highest BCUT2D eigenvalue weighted by Gasteiger charge is 2.26. The van der Waals surface area contributed by atoms with Gasteiger partial charge in [-0.15, -0.1) is 11.3 Å². The molecule has 0 unspecified atom stereocenters. The average Bonchev–Trinajstić information content (AvgIpc) is 3.42. The number of rotatable bonds is 4. The Balaban J connectivity index is 1.29. The second-order valence-corrected chi connectivity index (χ2v) is 7.59. The van der Waals surface area contributed by atoms with E-state index in [1.54, 1.807) is 0 Å². The Labute approximate surface area is 160 Å². The van der Waals surface area contributed by atoms with Crippen molar-refractivity contribution < 1.29 is 14.7 Å². The topological polar surface area (TPSA) is 97.8 Å². The second-order valence-electron chi connectivity index (χ2n) is 6.73. The van der Waals surface area contributed by atoms with Gasteiger partial charge >= 0.3 is 12.1 Å². The van der Waals surface area contributed by atoms with Crippen LogP contribution < -0.4 is 15.5 Å². The molecule has 1 aliphatic heterocycles. The Kier molecular flexibility index (Phi) is 4.85. The van der Waals surface area contributed by atoms with E-state index in [0.29, 0.717) is 42.9 Å². The molecule has 0 radical (unpaired) electrons. The van der Waals surface area contributed by atoms with Crippen molar-refractivity contribution in [3.05, 3.63) is 35.3 Å². The number of anilines is 3. The number of hydrogen-bond donors (Lipinski definition) is 3. The summed E-state index contributed by atoms with van der Waals surface area (Å²) < 4.78 is 0. The highest BCUT2D eigenvalue weighted by Crippen LogP contribution is 2.40. The van der Waals surface area contributed by atoms with Gasteiger partial charge in [0, 0.05) is 48.9 Å². The van der Waals surface area contributed by atoms with E-state index in [9.17, 15) is 9.59 Å². The molecular weight excluding hydrogens is 366 g/mol. The average molecular weight is 387 g/mol. The van der Waals surface area contributed by atoms with Crippen molar-refractivity contribution in [2.45, 2.75) is 18.8 Å². The summed E-state index contributed by atoms with van der Waals surface area (Å²) in [6.07, 6.45) is 1.50. The first-order chi connectivity index (χ1) is 13.1. The van der Waals surface area contributed by atoms with Gasteiger partial charge < -0.3 is 20.2 Å². The zero-order valence-corrected chi connectivity index (χ0v) is 15.5. The van der Waals surface area contributed by atoms with E-state index in [-0.39, 0.29) is 6.03 Å². The number of hydrogen-bond acceptors (Lipinski definition) is 5. The predicted molar refractivity (Wildman–Crippen MR) is 105 cm³/mol. The van der Waals surface area contributed by atoms with E-state index in [2.05, 4.69) is 20.5 Å². The third kappa shape index (κ3) is 4.30. The molecule has 1 aromatic heterocycles. The zero-order valence-electron chi connectivity index (χ0n) is 14.7. The quantitative estimate of drug-likeness (QED) is 0.746. The molecule has 1 saturated carbocycles. The lowest BCUT2D eigenvalue weighted by molar-refractivity contribution is 0.142. The summed E-state index contributed by atoms with van der Waals surface area (Å²) in [6, 6.07) is 7.24. The summed E-state index contributed by atoms with van der Waals surface area (Å²) >= 11 is 1.44. The standard InChI is InChI=1S/C18H21N5O3S/c24-16(21-17-20-15(11-27-17)12-1-2-12)19-13-3-5-14(6-4-13)22-7-9-23(10-8-22)18(25)26/h3-6,11-12H,1-2,7-10H2,(H,25,26)(H2,19,20,21,24). The number of carbonyl (C=O) groups excluding carboxylic acids is 1. The van der Waals surface area contributed by atoms with Gasteiger partial charge in [0.15, 0.2) is 5.13 Å². The first-order valence-corrected chi connectivity index (χ1v) is 9.83. The highest BCUT2D eigenvalue weighted by molar-refractivity contribution is 7.14. The van der Waals surface area contributed by atoms with Crippen molar-refractivity contribution in [1.29, 1.82) is 0 Å². The summed E-state index contributed by atoms with van der Waals surface area (Å²) in [7, 11) is 0. The van der Waals surface area contributed by atoms with Crippen molar-refractivity contribution in [2.75, 3.05) is 41.7 Å². The molecule has 2 aromatic rings. The molecular formula is C18H21N5O3S. The van der Waals surface area contributed by atoms with Crippen molar-refractivity contribution in [1.82, 2.24) is 9.88 Å². The van der Waals surface area contributed by atoms with Crippen LogP contribution in [0.4, 0.5) is 26.1 Å². The van der Waals surface area contributed by atoms with Gasteiger partial charge in [0.05, 0.1) is 5.69 Å². The normalized spacial score (nSPS) is 16.9. The lowest BCUT2D eigenvalue weighted by atomic mass is 10.2. The van der Waals surface area contributed by atoms with Crippen molar-refractivity contribution >= 4 is 40.0 Å². The molecule has 2 fully saturated rings. The van der Waals surface area contributed by atoms with Gasteiger partial charge in [0.2, 0.25) is 0 Å². The number of urea groups is 1. The van der Waals surface area contributed by atoms with Crippen molar-refractivity contribution in [2.24, 2.45) is 0 Å². The Morgan fingerprint density at radius 2 is 1.78 bits per heavy atom. The molecule has 1 saturated heterocycles. The van der Waals surface area contributed by atoms with Crippen LogP contribution >= 0.6 is 11.3 Å². The Morgan fingerprint density at radius 1 is 1.07 bits per heavy atom. The van der Waals surface area contributed by atoms with E-state index in [4.69, 9.17) is 5.11 Å². The minimum Gasteiger partial charge on any atom is -0.465 e. The van der Waals surface area contributed by atoms with Crippen LogP contribution in [0.25, 0.3) is 0 Å². The molecule has 4 rings (SSSR count). The monoisotopic (exact) mass is 387 g/mol. The molecule has 3 amide bonds. The van der Waals surface area contributed by atoms with Gasteiger partial charge in [-0.05, 0) is 37.1 Å². The molecule has 0 bridgehead atoms. The Hall–Kier alpha value is -2.81. The maximum atomic E-state index is 12.1. The fraction of sp³-hybridized carbons (Fsp3) is 0.389. The van der Waals surface area contributed by atoms with Gasteiger partial charge in [-0.3, -0.25) is 5.32 Å². The van der Waals surface area contributed by atoms with Crippen LogP contribution in [0.2, 0.25) is 0 Å². The number of nitrogens with zero attached hydrogens (tertiary/aromatic N) is 3. The number of amides is 3. The summed E-state index contributed by atoms with van der Waals surface area (Å²) in [5.41, 5.74) is 2.78. The van der Waals surface area contributed by atoms with Crippen LogP contribution in [0.1, 0.15) is 24.5 Å². The van der Waals surface area contributed by atoms with E-state index >= 15 is 0 Å². The summed E-state index contributed by atoms with van der Waals surface area (Å²) in [6.45, 7) is 2.31. The third-order valence-corrected chi connectivity index (χ3v) is 5.55. The number of carbonyl (C=O) groups is 2. The van der Waals surface area contributed by atoms with Crippen molar-refractivity contribution in [3.63, 3.8) is 0 Å². The predicted octanol–water partition coefficient (Wildman–Crippen LogP) is 3.46. The van der Waals surface area contributed by atoms with Crippen LogP contribution in [-0.2, 0) is 0 Å². The van der Waals surface area contributed by atoms with Crippen LogP contribution in [0.5, 0.6) is 0 Å². The maximum absolute atomic E-state index is 12.1. The molecule has 2 heterocycles. The zero-order chi connectivity index (χ0) is 18.8. The lowest BCUT2D eigenvalue weighted by Gasteiger charge is -2.34. The smallest absolute Gasteiger partial charge is 0.407 e. The number of carboxylic acid groups (broad SMARTS) is 1. The number of benzene rings is 1. The second kappa shape index (κ2) is 7.43. The summed E-state index contributed by atoms with van der Waals surface area (Å²) in [5, 5.41) is 17.2. The van der Waals surface area contributed by atoms with Crippen LogP contribution in [-0.4, -0.2) is 53.3 Å². The Bertz CT molecular complexity index is 826. The highest BCUT2D eigenvalue weighted by atomic mass is 32.1. The van der Waals surface area contributed by atoms with E-state index in [1.807, 2.05) is 29.6 Å². The molecule has 27 heavy (non-hydrogen) atoms. The van der Waals surface area contributed by atoms with Crippen LogP contribution in [0.15, 0.2) is 29.6 Å². The lowest BCUT2D eigenvalue weighted by Crippen LogP contribution is -2.48. The minimum absolute atomic E-state index is 0.311. The number of aromatic nitrogens is 1. The molecule has 3 N–H and O–H groups in total. The van der Waals surface area contributed by atoms with E-state index < -0.39 is 6.09 Å². The van der Waals surface area contributed by atoms with Crippen molar-refractivity contribution in [3.8, 4) is 0 Å². The van der Waals surface area contributed by atoms with Crippen LogP contribution in [0, 0.1) is 0 Å². The summed E-state index contributed by atoms with van der Waals surface area (Å²) in [5.74, 6) is 0.574. The van der Waals surface area contributed by atoms with Gasteiger partial charge in [-0.25, -0.2) is 14.6 Å². The largest absolute Gasteiger partial charge is 0.465 e. The molecule has 0 spiro atoms. The minimum atomic E-state index is -0.871. The van der Waals surface area contributed by atoms with Crippen LogP contribution in [0.3, 0.4) is 0 Å². The van der Waals surface area contributed by atoms with Gasteiger partial charge in [0.1, 0.15) is 0 Å². The fourth-order valence-corrected chi connectivity index (χ4v) is 3.87. The first kappa shape index (κ1) is 17.6. The van der Waals surface area contributed by atoms with Gasteiger partial charge in [0.25, 0.3) is 0 Å². The van der Waals surface area contributed by atoms with Gasteiger partial charge in [-0.1, -0.05) is 0 Å². The number of nitrogens with one attached hydrogen (secondary N) is 2. The summed E-state index contributed by atoms with van der Waals surface area (Å²) in [4.78, 5) is 31.1. The Morgan fingerprint density at radius 3 is 2.41 bits per heavy atom. The first-order valence-electron chi connectivity index (χ1n) is 8.95. The van der Waals surface area contributed by atoms with E-state index in [1.165, 1.54) is 29.1 Å². The fourth-order valence-electron chi connectivity index (χ4n) is 3.08. The maximum Gasteiger partial charge on any atom is 0.407 e. The van der Waals surface area contributed by atoms with E-state index in [0.717, 1.165) is 11.4 Å².